The molecule has 11 heteroatoms. The quantitative estimate of drug-likeness (QED) is 0.133. The topological polar surface area (TPSA) is 134 Å². The summed E-state index contributed by atoms with van der Waals surface area (Å²) in [5, 5.41) is 0. The number of carbonyl (C=O) groups excluding carboxylic acids is 4. The molecular weight excluding hydrogens is 659 g/mol. The minimum atomic E-state index is -1.17. The van der Waals surface area contributed by atoms with Crippen LogP contribution in [0.1, 0.15) is 118 Å². The first-order chi connectivity index (χ1) is 24.4. The van der Waals surface area contributed by atoms with Gasteiger partial charge < -0.3 is 28.1 Å². The average Bonchev–Trinajstić information content (AvgIpc) is 4.02. The highest BCUT2D eigenvalue weighted by atomic mass is 19.1. The maximum Gasteiger partial charge on any atom is 0.345 e. The lowest BCUT2D eigenvalue weighted by atomic mass is 9.47. The van der Waals surface area contributed by atoms with E-state index < -0.39 is 52.6 Å². The molecule has 0 bridgehead atoms. The molecule has 0 N–H and O–H groups in total. The summed E-state index contributed by atoms with van der Waals surface area (Å²) < 4.78 is 51.9. The van der Waals surface area contributed by atoms with Crippen LogP contribution in [0.4, 0.5) is 4.39 Å². The highest BCUT2D eigenvalue weighted by Crippen LogP contribution is 2.80. The number of fused-ring (bicyclic) bond motifs is 3. The van der Waals surface area contributed by atoms with Gasteiger partial charge in [-0.05, 0) is 93.7 Å². The number of furan rings is 1. The fourth-order valence-corrected chi connectivity index (χ4v) is 9.62. The summed E-state index contributed by atoms with van der Waals surface area (Å²) in [5.41, 5.74) is -0.190. The number of esters is 3. The van der Waals surface area contributed by atoms with Crippen LogP contribution in [0.25, 0.3) is 0 Å². The molecule has 0 radical (unpaired) electrons. The van der Waals surface area contributed by atoms with Crippen molar-refractivity contribution in [1.29, 1.82) is 0 Å². The van der Waals surface area contributed by atoms with E-state index in [1.165, 1.54) is 48.5 Å². The predicted octanol–water partition coefficient (Wildman–Crippen LogP) is 6.81. The Balaban J connectivity index is 1.17. The molecule has 2 aromatic carbocycles. The molecule has 2 spiro atoms. The third-order valence-corrected chi connectivity index (χ3v) is 12.2. The summed E-state index contributed by atoms with van der Waals surface area (Å²) in [6, 6.07) is 12.0. The number of hydrogen-bond acceptors (Lipinski definition) is 10. The normalized spacial score (nSPS) is 32.3. The molecule has 10 nitrogen and oxygen atoms in total. The number of benzene rings is 2. The van der Waals surface area contributed by atoms with Crippen LogP contribution in [0.2, 0.25) is 0 Å². The lowest BCUT2D eigenvalue weighted by molar-refractivity contribution is -0.0606. The number of hydrogen-bond donors (Lipinski definition) is 0. The zero-order chi connectivity index (χ0) is 36.0. The Kier molecular flexibility index (Phi) is 7.85. The van der Waals surface area contributed by atoms with E-state index in [0.717, 1.165) is 0 Å². The lowest BCUT2D eigenvalue weighted by Gasteiger charge is -2.53. The van der Waals surface area contributed by atoms with Gasteiger partial charge >= 0.3 is 17.9 Å². The zero-order valence-electron chi connectivity index (χ0n) is 29.3. The second-order valence-corrected chi connectivity index (χ2v) is 14.9. The molecule has 2 saturated carbocycles. The van der Waals surface area contributed by atoms with Crippen LogP contribution in [-0.4, -0.2) is 66.5 Å². The number of alkyl halides is 1. The van der Waals surface area contributed by atoms with Gasteiger partial charge in [0.25, 0.3) is 5.95 Å². The van der Waals surface area contributed by atoms with Crippen LogP contribution < -0.4 is 4.74 Å². The maximum absolute atomic E-state index is 16.5. The molecule has 5 aliphatic rings. The van der Waals surface area contributed by atoms with Crippen LogP contribution in [0.5, 0.6) is 5.95 Å². The minimum absolute atomic E-state index is 0.0275. The van der Waals surface area contributed by atoms with Gasteiger partial charge in [0.15, 0.2) is 11.4 Å². The molecule has 8 unspecified atom stereocenters. The number of ether oxygens (including phenoxy) is 5. The number of carbonyl (C=O) groups is 4. The van der Waals surface area contributed by atoms with Crippen molar-refractivity contribution in [2.45, 2.75) is 95.8 Å². The molecule has 0 amide bonds. The highest BCUT2D eigenvalue weighted by Gasteiger charge is 2.93. The van der Waals surface area contributed by atoms with E-state index in [1.807, 2.05) is 13.8 Å². The Labute approximate surface area is 294 Å². The van der Waals surface area contributed by atoms with Gasteiger partial charge in [-0.25, -0.2) is 18.8 Å². The van der Waals surface area contributed by atoms with Crippen molar-refractivity contribution >= 4 is 23.7 Å². The monoisotopic (exact) mass is 700 g/mol. The molecular formula is C40H41FO10. The van der Waals surface area contributed by atoms with Crippen molar-refractivity contribution in [2.24, 2.45) is 17.3 Å². The SMILES string of the molecule is CCOC(=O)c1ccc(C(=O)Oc2oc(C(=O)c3ccc(C(=O)OCC)cc3)c3c2CCC2(C)C3CC3OC34C(F)C(C(C)C)CC3OC324)cc1. The summed E-state index contributed by atoms with van der Waals surface area (Å²) in [4.78, 5) is 52.3. The van der Waals surface area contributed by atoms with Crippen LogP contribution in [-0.2, 0) is 25.4 Å². The van der Waals surface area contributed by atoms with E-state index in [4.69, 9.17) is 28.1 Å². The van der Waals surface area contributed by atoms with Gasteiger partial charge in [-0.15, -0.1) is 0 Å². The molecule has 51 heavy (non-hydrogen) atoms. The summed E-state index contributed by atoms with van der Waals surface area (Å²) in [6.07, 6.45) is 0.314. The Morgan fingerprint density at radius 1 is 0.824 bits per heavy atom. The van der Waals surface area contributed by atoms with Gasteiger partial charge in [0, 0.05) is 22.1 Å². The molecule has 1 aromatic heterocycles. The largest absolute Gasteiger partial charge is 0.462 e. The predicted molar refractivity (Wildman–Crippen MR) is 179 cm³/mol. The second kappa shape index (κ2) is 11.8. The van der Waals surface area contributed by atoms with Crippen LogP contribution in [0.15, 0.2) is 52.9 Å². The lowest BCUT2D eigenvalue weighted by Crippen LogP contribution is -2.65. The van der Waals surface area contributed by atoms with Crippen molar-refractivity contribution < 1.29 is 51.7 Å². The van der Waals surface area contributed by atoms with Crippen LogP contribution in [0.3, 0.4) is 0 Å². The molecule has 8 atom stereocenters. The fraction of sp³-hybridized carbons (Fsp3) is 0.500. The summed E-state index contributed by atoms with van der Waals surface area (Å²) in [6.45, 7) is 10.1. The molecule has 2 aliphatic heterocycles. The summed E-state index contributed by atoms with van der Waals surface area (Å²) in [5.74, 6) is -2.58. The molecule has 2 saturated heterocycles. The van der Waals surface area contributed by atoms with Gasteiger partial charge in [-0.2, -0.15) is 0 Å². The summed E-state index contributed by atoms with van der Waals surface area (Å²) >= 11 is 0. The maximum atomic E-state index is 16.5. The van der Waals surface area contributed by atoms with Crippen LogP contribution >= 0.6 is 0 Å². The first-order valence-electron chi connectivity index (χ1n) is 17.9. The van der Waals surface area contributed by atoms with E-state index in [1.54, 1.807) is 13.8 Å². The van der Waals surface area contributed by atoms with Gasteiger partial charge in [0.2, 0.25) is 5.78 Å². The van der Waals surface area contributed by atoms with Gasteiger partial charge in [-0.3, -0.25) is 4.79 Å². The average molecular weight is 701 g/mol. The smallest absolute Gasteiger partial charge is 0.345 e. The molecule has 3 aromatic rings. The molecule has 8 rings (SSSR count). The fourth-order valence-electron chi connectivity index (χ4n) is 9.62. The van der Waals surface area contributed by atoms with Gasteiger partial charge in [0.05, 0.1) is 42.1 Å². The standard InChI is InChI=1S/C40H41FO10/c1-6-46-34(43)22-10-8-21(9-11-22)31(42)32-30-25(37(48-32)49-36(45)24-14-12-23(13-15-24)35(44)47-7-2)16-17-38(5)27(30)19-28-39(50-28)33(41)26(20(3)4)18-29-40(38,39)51-29/h8-15,20,26-29,33H,6-7,16-19H2,1-5H3. The van der Waals surface area contributed by atoms with Crippen molar-refractivity contribution in [2.75, 3.05) is 13.2 Å². The molecule has 3 heterocycles. The van der Waals surface area contributed by atoms with Gasteiger partial charge in [0.1, 0.15) is 11.8 Å². The summed E-state index contributed by atoms with van der Waals surface area (Å²) in [7, 11) is 0. The Morgan fingerprint density at radius 3 is 1.96 bits per heavy atom. The molecule has 268 valence electrons. The van der Waals surface area contributed by atoms with Crippen molar-refractivity contribution in [3.63, 3.8) is 0 Å². The third-order valence-electron chi connectivity index (χ3n) is 12.2. The molecule has 4 fully saturated rings. The van der Waals surface area contributed by atoms with E-state index in [9.17, 15) is 19.2 Å². The third kappa shape index (κ3) is 4.73. The Bertz CT molecular complexity index is 1930. The van der Waals surface area contributed by atoms with Gasteiger partial charge in [-0.1, -0.05) is 32.9 Å². The number of rotatable bonds is 9. The minimum Gasteiger partial charge on any atom is -0.462 e. The Morgan fingerprint density at radius 2 is 1.39 bits per heavy atom. The first-order valence-corrected chi connectivity index (χ1v) is 17.9. The van der Waals surface area contributed by atoms with Crippen LogP contribution in [0, 0.1) is 17.3 Å². The molecule has 3 aliphatic carbocycles. The number of ketones is 1. The second-order valence-electron chi connectivity index (χ2n) is 14.9. The highest BCUT2D eigenvalue weighted by molar-refractivity contribution is 6.09. The number of halogens is 1. The van der Waals surface area contributed by atoms with E-state index in [2.05, 4.69) is 6.92 Å². The van der Waals surface area contributed by atoms with Crippen molar-refractivity contribution in [3.05, 3.63) is 87.7 Å². The Hall–Kier alpha value is -4.35. The zero-order valence-corrected chi connectivity index (χ0v) is 29.3. The van der Waals surface area contributed by atoms with Crippen molar-refractivity contribution in [3.8, 4) is 5.95 Å². The van der Waals surface area contributed by atoms with E-state index in [-0.39, 0.29) is 59.9 Å². The van der Waals surface area contributed by atoms with Crippen molar-refractivity contribution in [1.82, 2.24) is 0 Å². The first kappa shape index (κ1) is 33.8. The van der Waals surface area contributed by atoms with E-state index >= 15 is 4.39 Å². The van der Waals surface area contributed by atoms with E-state index in [0.29, 0.717) is 47.9 Å². The number of epoxide rings is 2.